The molecule has 2 rings (SSSR count). The molecule has 0 aliphatic carbocycles. The van der Waals surface area contributed by atoms with Gasteiger partial charge in [-0.05, 0) is 31.2 Å². The normalized spacial score (nSPS) is 10.2. The van der Waals surface area contributed by atoms with E-state index >= 15 is 0 Å². The van der Waals surface area contributed by atoms with E-state index in [2.05, 4.69) is 10.3 Å². The number of anilines is 2. The minimum absolute atomic E-state index is 0.382. The number of amides is 1. The number of nitrogens with two attached hydrogens (primary N) is 2. The molecule has 0 atom stereocenters. The smallest absolute Gasteiger partial charge is 0.250 e. The number of nitrogens with one attached hydrogen (secondary N) is 1. The highest BCUT2D eigenvalue weighted by Crippen LogP contribution is 2.23. The van der Waals surface area contributed by atoms with Crippen molar-refractivity contribution in [3.05, 3.63) is 53.3 Å². The van der Waals surface area contributed by atoms with Crippen LogP contribution in [0, 0.1) is 6.92 Å². The summed E-state index contributed by atoms with van der Waals surface area (Å²) in [6, 6.07) is 10.8. The third-order valence-corrected chi connectivity index (χ3v) is 2.75. The van der Waals surface area contributed by atoms with Crippen LogP contribution in [0.25, 0.3) is 0 Å². The Bertz CT molecular complexity index is 610. The molecule has 0 bridgehead atoms. The predicted octanol–water partition coefficient (Wildman–Crippen LogP) is 1.68. The van der Waals surface area contributed by atoms with Crippen molar-refractivity contribution in [3.8, 4) is 0 Å². The first-order valence-electron chi connectivity index (χ1n) is 5.92. The van der Waals surface area contributed by atoms with Crippen LogP contribution in [-0.2, 0) is 6.54 Å². The summed E-state index contributed by atoms with van der Waals surface area (Å²) >= 11 is 0. The van der Waals surface area contributed by atoms with Gasteiger partial charge in [-0.15, -0.1) is 0 Å². The number of aromatic nitrogens is 1. The second-order valence-electron chi connectivity index (χ2n) is 4.26. The van der Waals surface area contributed by atoms with Gasteiger partial charge >= 0.3 is 0 Å². The molecule has 0 aliphatic heterocycles. The van der Waals surface area contributed by atoms with E-state index in [4.69, 9.17) is 11.5 Å². The van der Waals surface area contributed by atoms with Gasteiger partial charge in [0.25, 0.3) is 5.91 Å². The molecule has 5 nitrogen and oxygen atoms in total. The maximum Gasteiger partial charge on any atom is 0.250 e. The number of primary amides is 1. The lowest BCUT2D eigenvalue weighted by Gasteiger charge is -2.12. The number of nitrogen functional groups attached to an aromatic ring is 1. The van der Waals surface area contributed by atoms with Crippen LogP contribution in [0.1, 0.15) is 21.7 Å². The number of rotatable bonds is 4. The van der Waals surface area contributed by atoms with Crippen LogP contribution in [0.2, 0.25) is 0 Å². The Morgan fingerprint density at radius 2 is 2.00 bits per heavy atom. The average molecular weight is 256 g/mol. The van der Waals surface area contributed by atoms with Gasteiger partial charge < -0.3 is 16.8 Å². The van der Waals surface area contributed by atoms with E-state index in [-0.39, 0.29) is 0 Å². The van der Waals surface area contributed by atoms with Crippen molar-refractivity contribution in [1.82, 2.24) is 4.98 Å². The second-order valence-corrected chi connectivity index (χ2v) is 4.26. The van der Waals surface area contributed by atoms with Gasteiger partial charge in [-0.3, -0.25) is 9.78 Å². The Morgan fingerprint density at radius 1 is 1.26 bits per heavy atom. The molecule has 1 amide bonds. The number of pyridine rings is 1. The first-order chi connectivity index (χ1) is 9.08. The summed E-state index contributed by atoms with van der Waals surface area (Å²) in [4.78, 5) is 15.7. The number of carbonyl (C=O) groups excluding carboxylic acids is 1. The molecule has 98 valence electrons. The number of aryl methyl sites for hydroxylation is 1. The minimum Gasteiger partial charge on any atom is -0.397 e. The summed E-state index contributed by atoms with van der Waals surface area (Å²) in [6.07, 6.45) is 0. The van der Waals surface area contributed by atoms with Crippen LogP contribution in [0.3, 0.4) is 0 Å². The number of hydrogen-bond acceptors (Lipinski definition) is 4. The summed E-state index contributed by atoms with van der Waals surface area (Å²) < 4.78 is 0. The van der Waals surface area contributed by atoms with Gasteiger partial charge in [0.2, 0.25) is 0 Å². The summed E-state index contributed by atoms with van der Waals surface area (Å²) in [5.74, 6) is -0.507. The maximum absolute atomic E-state index is 11.4. The summed E-state index contributed by atoms with van der Waals surface area (Å²) in [5.41, 5.74) is 14.4. The van der Waals surface area contributed by atoms with Crippen molar-refractivity contribution in [3.63, 3.8) is 0 Å². The zero-order valence-electron chi connectivity index (χ0n) is 10.7. The molecule has 0 radical (unpaired) electrons. The van der Waals surface area contributed by atoms with Gasteiger partial charge in [0.15, 0.2) is 0 Å². The third-order valence-electron chi connectivity index (χ3n) is 2.75. The molecule has 2 aromatic rings. The quantitative estimate of drug-likeness (QED) is 0.725. The van der Waals surface area contributed by atoms with Crippen LogP contribution < -0.4 is 16.8 Å². The zero-order chi connectivity index (χ0) is 13.8. The van der Waals surface area contributed by atoms with Crippen molar-refractivity contribution in [1.29, 1.82) is 0 Å². The monoisotopic (exact) mass is 256 g/mol. The van der Waals surface area contributed by atoms with Gasteiger partial charge in [0.1, 0.15) is 0 Å². The highest BCUT2D eigenvalue weighted by Gasteiger charge is 2.10. The van der Waals surface area contributed by atoms with E-state index < -0.39 is 5.91 Å². The summed E-state index contributed by atoms with van der Waals surface area (Å²) in [7, 11) is 0. The molecule has 0 spiro atoms. The summed E-state index contributed by atoms with van der Waals surface area (Å²) in [5, 5.41) is 3.12. The fourth-order valence-corrected chi connectivity index (χ4v) is 1.85. The predicted molar refractivity (Wildman–Crippen MR) is 75.7 cm³/mol. The molecule has 1 heterocycles. The third kappa shape index (κ3) is 3.01. The molecule has 1 aromatic carbocycles. The molecular weight excluding hydrogens is 240 g/mol. The van der Waals surface area contributed by atoms with E-state index in [0.29, 0.717) is 23.5 Å². The Morgan fingerprint density at radius 3 is 2.68 bits per heavy atom. The number of carbonyl (C=O) groups is 1. The van der Waals surface area contributed by atoms with Crippen molar-refractivity contribution < 1.29 is 4.79 Å². The van der Waals surface area contributed by atoms with Gasteiger partial charge in [-0.2, -0.15) is 0 Å². The SMILES string of the molecule is Cc1cccc(CNc2c(N)cccc2C(N)=O)n1. The lowest BCUT2D eigenvalue weighted by atomic mass is 10.1. The maximum atomic E-state index is 11.4. The average Bonchev–Trinajstić information content (AvgIpc) is 2.37. The number of hydrogen-bond donors (Lipinski definition) is 3. The van der Waals surface area contributed by atoms with E-state index in [0.717, 1.165) is 11.4 Å². The minimum atomic E-state index is -0.507. The summed E-state index contributed by atoms with van der Waals surface area (Å²) in [6.45, 7) is 2.41. The number of benzene rings is 1. The lowest BCUT2D eigenvalue weighted by molar-refractivity contribution is 0.100. The Hall–Kier alpha value is -2.56. The second kappa shape index (κ2) is 5.39. The van der Waals surface area contributed by atoms with E-state index in [1.54, 1.807) is 18.2 Å². The molecule has 0 fully saturated rings. The van der Waals surface area contributed by atoms with Gasteiger partial charge in [-0.1, -0.05) is 12.1 Å². The lowest BCUT2D eigenvalue weighted by Crippen LogP contribution is -2.16. The van der Waals surface area contributed by atoms with Crippen molar-refractivity contribution >= 4 is 17.3 Å². The van der Waals surface area contributed by atoms with Gasteiger partial charge in [0, 0.05) is 5.69 Å². The molecule has 0 saturated heterocycles. The van der Waals surface area contributed by atoms with Crippen LogP contribution >= 0.6 is 0 Å². The highest BCUT2D eigenvalue weighted by molar-refractivity contribution is 6.01. The Balaban J connectivity index is 2.22. The van der Waals surface area contributed by atoms with Crippen LogP contribution in [0.5, 0.6) is 0 Å². The molecule has 0 aliphatic rings. The Labute approximate surface area is 111 Å². The first kappa shape index (κ1) is 12.9. The van der Waals surface area contributed by atoms with Crippen LogP contribution in [-0.4, -0.2) is 10.9 Å². The van der Waals surface area contributed by atoms with Crippen LogP contribution in [0.15, 0.2) is 36.4 Å². The molecule has 19 heavy (non-hydrogen) atoms. The number of nitrogens with zero attached hydrogens (tertiary/aromatic N) is 1. The molecule has 0 unspecified atom stereocenters. The fraction of sp³-hybridized carbons (Fsp3) is 0.143. The topological polar surface area (TPSA) is 94.0 Å². The number of para-hydroxylation sites is 1. The Kier molecular flexibility index (Phi) is 3.66. The molecule has 5 heteroatoms. The van der Waals surface area contributed by atoms with Gasteiger partial charge in [-0.25, -0.2) is 0 Å². The highest BCUT2D eigenvalue weighted by atomic mass is 16.1. The van der Waals surface area contributed by atoms with Crippen molar-refractivity contribution in [2.45, 2.75) is 13.5 Å². The fourth-order valence-electron chi connectivity index (χ4n) is 1.85. The van der Waals surface area contributed by atoms with Gasteiger partial charge in [0.05, 0.1) is 29.2 Å². The molecule has 1 aromatic heterocycles. The van der Waals surface area contributed by atoms with E-state index in [9.17, 15) is 4.79 Å². The standard InChI is InChI=1S/C14H16N4O/c1-9-4-2-5-10(18-9)8-17-13-11(14(16)19)6-3-7-12(13)15/h2-7,17H,8,15H2,1H3,(H2,16,19). The van der Waals surface area contributed by atoms with Crippen LogP contribution in [0.4, 0.5) is 11.4 Å². The molecular formula is C14H16N4O. The first-order valence-corrected chi connectivity index (χ1v) is 5.92. The largest absolute Gasteiger partial charge is 0.397 e. The van der Waals surface area contributed by atoms with Crippen molar-refractivity contribution in [2.24, 2.45) is 5.73 Å². The van der Waals surface area contributed by atoms with E-state index in [1.807, 2.05) is 25.1 Å². The molecule has 5 N–H and O–H groups in total. The molecule has 0 saturated carbocycles. The van der Waals surface area contributed by atoms with E-state index in [1.165, 1.54) is 0 Å². The zero-order valence-corrected chi connectivity index (χ0v) is 10.7. The van der Waals surface area contributed by atoms with Crippen molar-refractivity contribution in [2.75, 3.05) is 11.1 Å².